The Balaban J connectivity index is 2.86. The second kappa shape index (κ2) is 12.8. The van der Waals surface area contributed by atoms with E-state index in [2.05, 4.69) is 15.6 Å². The number of rotatable bonds is 13. The van der Waals surface area contributed by atoms with Gasteiger partial charge in [0.05, 0.1) is 12.5 Å². The number of carbonyl (C=O) groups is 4. The molecule has 31 heavy (non-hydrogen) atoms. The highest BCUT2D eigenvalue weighted by Gasteiger charge is 2.29. The van der Waals surface area contributed by atoms with E-state index in [4.69, 9.17) is 27.4 Å². The number of aliphatic carboxylic acids is 2. The Bertz CT molecular complexity index is 796. The number of hydrogen-bond donors (Lipinski definition) is 7. The maximum absolute atomic E-state index is 12.7. The fourth-order valence-electron chi connectivity index (χ4n) is 2.64. The van der Waals surface area contributed by atoms with E-state index in [1.807, 2.05) is 0 Å². The lowest BCUT2D eigenvalue weighted by molar-refractivity contribution is -0.147. The molecule has 12 nitrogen and oxygen atoms in total. The lowest BCUT2D eigenvalue weighted by atomic mass is 10.0. The van der Waals surface area contributed by atoms with Gasteiger partial charge in [-0.05, 0) is 18.4 Å². The van der Waals surface area contributed by atoms with Crippen LogP contribution in [-0.2, 0) is 25.6 Å². The highest BCUT2D eigenvalue weighted by molar-refractivity contribution is 5.92. The van der Waals surface area contributed by atoms with E-state index in [0.29, 0.717) is 12.0 Å². The van der Waals surface area contributed by atoms with Crippen LogP contribution >= 0.6 is 0 Å². The molecule has 0 saturated heterocycles. The molecular formula is C19H28N6O6. The van der Waals surface area contributed by atoms with Crippen LogP contribution in [0.1, 0.15) is 24.8 Å². The molecule has 1 aromatic rings. The summed E-state index contributed by atoms with van der Waals surface area (Å²) in [4.78, 5) is 51.0. The Morgan fingerprint density at radius 3 is 2.13 bits per heavy atom. The average molecular weight is 436 g/mol. The highest BCUT2D eigenvalue weighted by atomic mass is 16.4. The number of hydrogen-bond acceptors (Lipinski definition) is 6. The molecule has 0 aliphatic carbocycles. The normalized spacial score (nSPS) is 13.3. The van der Waals surface area contributed by atoms with Crippen LogP contribution in [0.5, 0.6) is 0 Å². The van der Waals surface area contributed by atoms with E-state index in [1.165, 1.54) is 0 Å². The van der Waals surface area contributed by atoms with E-state index in [-0.39, 0.29) is 25.3 Å². The molecule has 0 spiro atoms. The van der Waals surface area contributed by atoms with Gasteiger partial charge in [-0.15, -0.1) is 0 Å². The number of amides is 2. The maximum Gasteiger partial charge on any atom is 0.326 e. The van der Waals surface area contributed by atoms with Gasteiger partial charge in [-0.25, -0.2) is 4.79 Å². The molecule has 0 heterocycles. The summed E-state index contributed by atoms with van der Waals surface area (Å²) in [5, 5.41) is 22.7. The van der Waals surface area contributed by atoms with Gasteiger partial charge >= 0.3 is 11.9 Å². The van der Waals surface area contributed by atoms with Gasteiger partial charge in [0.25, 0.3) is 0 Å². The van der Waals surface area contributed by atoms with Crippen LogP contribution in [0, 0.1) is 0 Å². The number of nitrogens with two attached hydrogens (primary N) is 3. The lowest BCUT2D eigenvalue weighted by Crippen LogP contribution is -2.55. The summed E-state index contributed by atoms with van der Waals surface area (Å²) in [6.45, 7) is 0.284. The van der Waals surface area contributed by atoms with Gasteiger partial charge in [-0.3, -0.25) is 19.4 Å². The summed E-state index contributed by atoms with van der Waals surface area (Å²) in [5.74, 6) is -4.42. The highest BCUT2D eigenvalue weighted by Crippen LogP contribution is 2.06. The molecule has 10 N–H and O–H groups in total. The fourth-order valence-corrected chi connectivity index (χ4v) is 2.64. The number of carbonyl (C=O) groups excluding carboxylic acids is 2. The minimum Gasteiger partial charge on any atom is -0.481 e. The monoisotopic (exact) mass is 436 g/mol. The molecule has 0 fully saturated rings. The Morgan fingerprint density at radius 2 is 1.58 bits per heavy atom. The van der Waals surface area contributed by atoms with E-state index >= 15 is 0 Å². The summed E-state index contributed by atoms with van der Waals surface area (Å²) >= 11 is 0. The molecule has 2 amide bonds. The molecule has 1 rings (SSSR count). The van der Waals surface area contributed by atoms with Crippen LogP contribution in [-0.4, -0.2) is 64.6 Å². The first kappa shape index (κ1) is 25.4. The van der Waals surface area contributed by atoms with Crippen molar-refractivity contribution >= 4 is 29.7 Å². The molecule has 3 atom stereocenters. The number of nitrogens with one attached hydrogen (secondary N) is 2. The van der Waals surface area contributed by atoms with E-state index < -0.39 is 48.3 Å². The Labute approximate surface area is 178 Å². The zero-order valence-electron chi connectivity index (χ0n) is 16.9. The first-order chi connectivity index (χ1) is 14.6. The van der Waals surface area contributed by atoms with Gasteiger partial charge < -0.3 is 38.0 Å². The number of carboxylic acids is 2. The van der Waals surface area contributed by atoms with Crippen molar-refractivity contribution in [3.8, 4) is 0 Å². The van der Waals surface area contributed by atoms with Gasteiger partial charge in [-0.1, -0.05) is 30.3 Å². The van der Waals surface area contributed by atoms with Crippen molar-refractivity contribution in [3.63, 3.8) is 0 Å². The summed E-state index contributed by atoms with van der Waals surface area (Å²) < 4.78 is 0. The standard InChI is InChI=1S/C19H28N6O6/c20-12(7-4-8-23-19(21)22)16(28)24-13(9-11-5-2-1-3-6-11)17(29)25-14(18(30)31)10-15(26)27/h1-3,5-6,12-14H,4,7-10,20H2,(H,24,28)(H,25,29)(H,26,27)(H,30,31)(H4,21,22,23)/t12-,13-,14+/m0/s1. The molecular weight excluding hydrogens is 408 g/mol. The van der Waals surface area contributed by atoms with Crippen LogP contribution in [0.25, 0.3) is 0 Å². The smallest absolute Gasteiger partial charge is 0.326 e. The van der Waals surface area contributed by atoms with Crippen LogP contribution in [0.4, 0.5) is 0 Å². The van der Waals surface area contributed by atoms with Crippen LogP contribution in [0.15, 0.2) is 35.3 Å². The Kier molecular flexibility index (Phi) is 10.5. The molecule has 0 aliphatic rings. The number of aliphatic imine (C=N–C) groups is 1. The summed E-state index contributed by atoms with van der Waals surface area (Å²) in [7, 11) is 0. The molecule has 0 radical (unpaired) electrons. The maximum atomic E-state index is 12.7. The van der Waals surface area contributed by atoms with Gasteiger partial charge in [0, 0.05) is 13.0 Å². The van der Waals surface area contributed by atoms with Crippen LogP contribution < -0.4 is 27.8 Å². The van der Waals surface area contributed by atoms with Crippen LogP contribution in [0.3, 0.4) is 0 Å². The molecule has 1 aromatic carbocycles. The molecule has 0 unspecified atom stereocenters. The number of nitrogens with zero attached hydrogens (tertiary/aromatic N) is 1. The minimum absolute atomic E-state index is 0.0541. The molecule has 0 aliphatic heterocycles. The predicted octanol–water partition coefficient (Wildman–Crippen LogP) is -1.86. The van der Waals surface area contributed by atoms with Crippen molar-refractivity contribution in [3.05, 3.63) is 35.9 Å². The molecule has 0 bridgehead atoms. The molecule has 12 heteroatoms. The SMILES string of the molecule is NC(N)=NCCC[C@H](N)C(=O)N[C@@H](Cc1ccccc1)C(=O)N[C@H](CC(=O)O)C(=O)O. The fraction of sp³-hybridized carbons (Fsp3) is 0.421. The van der Waals surface area contributed by atoms with Crippen molar-refractivity contribution in [2.45, 2.75) is 43.8 Å². The summed E-state index contributed by atoms with van der Waals surface area (Å²) in [6, 6.07) is 4.97. The van der Waals surface area contributed by atoms with Gasteiger partial charge in [0.2, 0.25) is 11.8 Å². The van der Waals surface area contributed by atoms with Gasteiger partial charge in [0.15, 0.2) is 5.96 Å². The zero-order valence-corrected chi connectivity index (χ0v) is 16.9. The van der Waals surface area contributed by atoms with Gasteiger partial charge in [-0.2, -0.15) is 0 Å². The molecule has 0 saturated carbocycles. The number of guanidine groups is 1. The second-order valence-electron chi connectivity index (χ2n) is 6.80. The zero-order chi connectivity index (χ0) is 23.4. The van der Waals surface area contributed by atoms with E-state index in [0.717, 1.165) is 0 Å². The molecule has 0 aromatic heterocycles. The van der Waals surface area contributed by atoms with Crippen molar-refractivity contribution in [1.29, 1.82) is 0 Å². The van der Waals surface area contributed by atoms with Crippen molar-refractivity contribution in [2.75, 3.05) is 6.54 Å². The molecule has 170 valence electrons. The summed E-state index contributed by atoms with van der Waals surface area (Å²) in [6.07, 6.45) is -0.0727. The van der Waals surface area contributed by atoms with Crippen molar-refractivity contribution in [2.24, 2.45) is 22.2 Å². The third-order valence-corrected chi connectivity index (χ3v) is 4.21. The van der Waals surface area contributed by atoms with E-state index in [9.17, 15) is 19.2 Å². The second-order valence-corrected chi connectivity index (χ2v) is 6.80. The number of carboxylic acid groups (broad SMARTS) is 2. The average Bonchev–Trinajstić information content (AvgIpc) is 2.70. The van der Waals surface area contributed by atoms with Gasteiger partial charge in [0.1, 0.15) is 12.1 Å². The van der Waals surface area contributed by atoms with Crippen molar-refractivity contribution in [1.82, 2.24) is 10.6 Å². The topological polar surface area (TPSA) is 223 Å². The minimum atomic E-state index is -1.64. The predicted molar refractivity (Wildman–Crippen MR) is 112 cm³/mol. The third kappa shape index (κ3) is 10.1. The Morgan fingerprint density at radius 1 is 0.968 bits per heavy atom. The van der Waals surface area contributed by atoms with Crippen LogP contribution in [0.2, 0.25) is 0 Å². The largest absolute Gasteiger partial charge is 0.481 e. The lowest BCUT2D eigenvalue weighted by Gasteiger charge is -2.22. The quantitative estimate of drug-likeness (QED) is 0.104. The first-order valence-electron chi connectivity index (χ1n) is 9.50. The van der Waals surface area contributed by atoms with Crippen molar-refractivity contribution < 1.29 is 29.4 Å². The Hall–Kier alpha value is -3.67. The first-order valence-corrected chi connectivity index (χ1v) is 9.50. The number of benzene rings is 1. The van der Waals surface area contributed by atoms with E-state index in [1.54, 1.807) is 30.3 Å². The third-order valence-electron chi connectivity index (χ3n) is 4.21. The summed E-state index contributed by atoms with van der Waals surface area (Å²) in [5.41, 5.74) is 17.0.